The average Bonchev–Trinajstić information content (AvgIpc) is 2.84. The smallest absolute Gasteiger partial charge is 0.296 e. The standard InChI is InChI=1S/C25H28FN5O3/c1-29-11-13-31(14-12-29)16-18-3-7-19(8-4-18)23-28-21(22(32)25(34)30(23)2)24(33)27-15-17-5-9-20(26)10-6-17/h3-10,32H,11-16H2,1-2H3,(H,27,33). The first-order valence-corrected chi connectivity index (χ1v) is 11.1. The zero-order valence-corrected chi connectivity index (χ0v) is 19.3. The number of aromatic nitrogens is 2. The van der Waals surface area contributed by atoms with Crippen LogP contribution in [0, 0.1) is 5.82 Å². The molecule has 1 fully saturated rings. The van der Waals surface area contributed by atoms with Crippen LogP contribution in [0.25, 0.3) is 11.4 Å². The first-order valence-electron chi connectivity index (χ1n) is 11.1. The normalized spacial score (nSPS) is 14.8. The topological polar surface area (TPSA) is 90.7 Å². The molecule has 2 N–H and O–H groups in total. The molecule has 9 heteroatoms. The van der Waals surface area contributed by atoms with E-state index in [1.54, 1.807) is 12.1 Å². The first kappa shape index (κ1) is 23.6. The highest BCUT2D eigenvalue weighted by Crippen LogP contribution is 2.20. The summed E-state index contributed by atoms with van der Waals surface area (Å²) in [6, 6.07) is 13.4. The van der Waals surface area contributed by atoms with Crippen molar-refractivity contribution in [2.24, 2.45) is 7.05 Å². The number of rotatable bonds is 6. The van der Waals surface area contributed by atoms with E-state index < -0.39 is 17.2 Å². The SMILES string of the molecule is CN1CCN(Cc2ccc(-c3nc(C(=O)NCc4ccc(F)cc4)c(O)c(=O)n3C)cc2)CC1. The number of carbonyl (C=O) groups excluding carboxylic acids is 1. The first-order chi connectivity index (χ1) is 16.3. The van der Waals surface area contributed by atoms with E-state index in [-0.39, 0.29) is 23.9 Å². The lowest BCUT2D eigenvalue weighted by molar-refractivity contribution is 0.0942. The minimum atomic E-state index is -0.713. The van der Waals surface area contributed by atoms with Crippen LogP contribution < -0.4 is 10.9 Å². The van der Waals surface area contributed by atoms with Crippen molar-refractivity contribution in [1.82, 2.24) is 24.7 Å². The molecule has 1 saturated heterocycles. The molecule has 0 atom stereocenters. The number of hydrogen-bond donors (Lipinski definition) is 2. The third-order valence-electron chi connectivity index (χ3n) is 6.06. The largest absolute Gasteiger partial charge is 0.501 e. The zero-order chi connectivity index (χ0) is 24.2. The van der Waals surface area contributed by atoms with Crippen molar-refractivity contribution in [2.75, 3.05) is 33.2 Å². The van der Waals surface area contributed by atoms with Crippen LogP contribution in [-0.4, -0.2) is 63.6 Å². The summed E-state index contributed by atoms with van der Waals surface area (Å²) in [7, 11) is 3.63. The molecule has 1 amide bonds. The molecule has 8 nitrogen and oxygen atoms in total. The van der Waals surface area contributed by atoms with Gasteiger partial charge >= 0.3 is 0 Å². The van der Waals surface area contributed by atoms with Crippen molar-refractivity contribution in [1.29, 1.82) is 0 Å². The van der Waals surface area contributed by atoms with Crippen LogP contribution in [0.4, 0.5) is 4.39 Å². The number of halogens is 1. The molecule has 34 heavy (non-hydrogen) atoms. The summed E-state index contributed by atoms with van der Waals surface area (Å²) >= 11 is 0. The van der Waals surface area contributed by atoms with Crippen LogP contribution in [0.2, 0.25) is 0 Å². The van der Waals surface area contributed by atoms with Gasteiger partial charge in [0.1, 0.15) is 11.6 Å². The number of amides is 1. The number of benzene rings is 2. The van der Waals surface area contributed by atoms with Gasteiger partial charge < -0.3 is 15.3 Å². The second kappa shape index (κ2) is 10.1. The fraction of sp³-hybridized carbons (Fsp3) is 0.320. The van der Waals surface area contributed by atoms with Crippen molar-refractivity contribution in [3.8, 4) is 17.1 Å². The number of nitrogens with one attached hydrogen (secondary N) is 1. The molecule has 2 aromatic carbocycles. The Bertz CT molecular complexity index is 1220. The third kappa shape index (κ3) is 5.32. The van der Waals surface area contributed by atoms with Gasteiger partial charge in [0, 0.05) is 51.9 Å². The third-order valence-corrected chi connectivity index (χ3v) is 6.06. The molecule has 0 bridgehead atoms. The molecule has 3 aromatic rings. The fourth-order valence-electron chi connectivity index (χ4n) is 3.90. The van der Waals surface area contributed by atoms with Crippen molar-refractivity contribution in [3.63, 3.8) is 0 Å². The summed E-state index contributed by atoms with van der Waals surface area (Å²) in [5, 5.41) is 12.9. The highest BCUT2D eigenvalue weighted by Gasteiger charge is 2.21. The molecule has 0 unspecified atom stereocenters. The van der Waals surface area contributed by atoms with Crippen molar-refractivity contribution < 1.29 is 14.3 Å². The van der Waals surface area contributed by atoms with Crippen LogP contribution in [0.1, 0.15) is 21.6 Å². The van der Waals surface area contributed by atoms with Crippen LogP contribution in [0.15, 0.2) is 53.3 Å². The highest BCUT2D eigenvalue weighted by atomic mass is 19.1. The van der Waals surface area contributed by atoms with E-state index in [2.05, 4.69) is 27.1 Å². The Kier molecular flexibility index (Phi) is 7.04. The van der Waals surface area contributed by atoms with Crippen LogP contribution in [-0.2, 0) is 20.1 Å². The molecule has 1 aromatic heterocycles. The Morgan fingerprint density at radius 3 is 2.26 bits per heavy atom. The quantitative estimate of drug-likeness (QED) is 0.579. The summed E-state index contributed by atoms with van der Waals surface area (Å²) < 4.78 is 14.3. The van der Waals surface area contributed by atoms with Gasteiger partial charge in [0.15, 0.2) is 5.69 Å². The van der Waals surface area contributed by atoms with Gasteiger partial charge in [-0.2, -0.15) is 0 Å². The second-order valence-electron chi connectivity index (χ2n) is 8.58. The molecule has 0 radical (unpaired) electrons. The van der Waals surface area contributed by atoms with Crippen LogP contribution in [0.5, 0.6) is 5.75 Å². The van der Waals surface area contributed by atoms with E-state index >= 15 is 0 Å². The van der Waals surface area contributed by atoms with Gasteiger partial charge in [-0.15, -0.1) is 0 Å². The van der Waals surface area contributed by atoms with Gasteiger partial charge in [0.05, 0.1) is 0 Å². The van der Waals surface area contributed by atoms with E-state index in [1.165, 1.54) is 23.7 Å². The number of hydrogen-bond acceptors (Lipinski definition) is 6. The molecular formula is C25H28FN5O3. The number of nitrogens with zero attached hydrogens (tertiary/aromatic N) is 4. The summed E-state index contributed by atoms with van der Waals surface area (Å²) in [5.74, 6) is -1.50. The van der Waals surface area contributed by atoms with Crippen molar-refractivity contribution in [2.45, 2.75) is 13.1 Å². The molecule has 2 heterocycles. The predicted octanol–water partition coefficient (Wildman–Crippen LogP) is 1.97. The van der Waals surface area contributed by atoms with Gasteiger partial charge in [0.2, 0.25) is 5.75 Å². The molecule has 4 rings (SSSR count). The van der Waals surface area contributed by atoms with Crippen molar-refractivity contribution in [3.05, 3.63) is 81.5 Å². The van der Waals surface area contributed by atoms with E-state index in [9.17, 15) is 19.1 Å². The van der Waals surface area contributed by atoms with E-state index in [0.29, 0.717) is 11.1 Å². The number of piperazine rings is 1. The molecule has 0 spiro atoms. The number of carbonyl (C=O) groups is 1. The van der Waals surface area contributed by atoms with Gasteiger partial charge in [-0.3, -0.25) is 19.1 Å². The van der Waals surface area contributed by atoms with Gasteiger partial charge in [0.25, 0.3) is 11.5 Å². The maximum atomic E-state index is 13.1. The van der Waals surface area contributed by atoms with Crippen molar-refractivity contribution >= 4 is 5.91 Å². The van der Waals surface area contributed by atoms with Crippen LogP contribution >= 0.6 is 0 Å². The van der Waals surface area contributed by atoms with Crippen LogP contribution in [0.3, 0.4) is 0 Å². The Hall–Kier alpha value is -3.56. The Morgan fingerprint density at radius 1 is 1.00 bits per heavy atom. The second-order valence-corrected chi connectivity index (χ2v) is 8.58. The number of likely N-dealkylation sites (N-methyl/N-ethyl adjacent to an activating group) is 1. The Morgan fingerprint density at radius 2 is 1.62 bits per heavy atom. The maximum Gasteiger partial charge on any atom is 0.296 e. The lowest BCUT2D eigenvalue weighted by Gasteiger charge is -2.32. The molecular weight excluding hydrogens is 437 g/mol. The summed E-state index contributed by atoms with van der Waals surface area (Å²) in [4.78, 5) is 34.3. The summed E-state index contributed by atoms with van der Waals surface area (Å²) in [5.41, 5.74) is 1.43. The summed E-state index contributed by atoms with van der Waals surface area (Å²) in [6.07, 6.45) is 0. The molecule has 178 valence electrons. The lowest BCUT2D eigenvalue weighted by atomic mass is 10.1. The monoisotopic (exact) mass is 465 g/mol. The summed E-state index contributed by atoms with van der Waals surface area (Å²) in [6.45, 7) is 5.07. The average molecular weight is 466 g/mol. The zero-order valence-electron chi connectivity index (χ0n) is 19.3. The molecule has 1 aliphatic heterocycles. The Balaban J connectivity index is 1.52. The minimum Gasteiger partial charge on any atom is -0.501 e. The lowest BCUT2D eigenvalue weighted by Crippen LogP contribution is -2.43. The van der Waals surface area contributed by atoms with E-state index in [4.69, 9.17) is 0 Å². The van der Waals surface area contributed by atoms with Gasteiger partial charge in [-0.05, 0) is 30.3 Å². The highest BCUT2D eigenvalue weighted by molar-refractivity contribution is 5.95. The van der Waals surface area contributed by atoms with E-state index in [1.807, 2.05) is 24.3 Å². The minimum absolute atomic E-state index is 0.103. The molecule has 1 aliphatic rings. The van der Waals surface area contributed by atoms with Gasteiger partial charge in [-0.25, -0.2) is 9.37 Å². The molecule has 0 saturated carbocycles. The molecule has 0 aliphatic carbocycles. The van der Waals surface area contributed by atoms with Gasteiger partial charge in [-0.1, -0.05) is 36.4 Å². The number of aromatic hydroxyl groups is 1. The van der Waals surface area contributed by atoms with E-state index in [0.717, 1.165) is 38.3 Å². The predicted molar refractivity (Wildman–Crippen MR) is 127 cm³/mol. The fourth-order valence-corrected chi connectivity index (χ4v) is 3.90. The maximum absolute atomic E-state index is 13.1. The Labute approximate surface area is 197 Å².